The second kappa shape index (κ2) is 8.27. The first-order valence-corrected chi connectivity index (χ1v) is 9.93. The Kier molecular flexibility index (Phi) is 6.31. The average molecular weight is 381 g/mol. The van der Waals surface area contributed by atoms with E-state index in [4.69, 9.17) is 4.74 Å². The average Bonchev–Trinajstić information content (AvgIpc) is 2.58. The fourth-order valence-corrected chi connectivity index (χ4v) is 3.02. The van der Waals surface area contributed by atoms with E-state index in [0.29, 0.717) is 23.6 Å². The maximum atomic E-state index is 14.2. The summed E-state index contributed by atoms with van der Waals surface area (Å²) in [6.45, 7) is 1.91. The zero-order valence-electron chi connectivity index (χ0n) is 14.8. The molecule has 0 unspecified atom stereocenters. The maximum absolute atomic E-state index is 14.2. The lowest BCUT2D eigenvalue weighted by molar-refractivity contribution is 0.0600. The summed E-state index contributed by atoms with van der Waals surface area (Å²) in [6.07, 6.45) is 1.53. The van der Waals surface area contributed by atoms with E-state index >= 15 is 0 Å². The van der Waals surface area contributed by atoms with Crippen molar-refractivity contribution in [1.29, 1.82) is 0 Å². The molecule has 8 heteroatoms. The lowest BCUT2D eigenvalue weighted by Crippen LogP contribution is -2.08. The van der Waals surface area contributed by atoms with Crippen LogP contribution in [0.1, 0.15) is 22.5 Å². The van der Waals surface area contributed by atoms with Crippen molar-refractivity contribution < 1.29 is 27.1 Å². The molecule has 0 saturated heterocycles. The molecule has 1 heterocycles. The van der Waals surface area contributed by atoms with Crippen molar-refractivity contribution in [2.24, 2.45) is 0 Å². The number of sulfone groups is 1. The molecule has 6 nitrogen and oxygen atoms in total. The number of ether oxygens (including phenoxy) is 2. The van der Waals surface area contributed by atoms with Gasteiger partial charge in [0.15, 0.2) is 0 Å². The number of nitrogens with zero attached hydrogens (tertiary/aromatic N) is 1. The molecule has 1 aromatic carbocycles. The summed E-state index contributed by atoms with van der Waals surface area (Å²) in [7, 11) is -1.77. The quantitative estimate of drug-likeness (QED) is 0.542. The fraction of sp³-hybridized carbons (Fsp3) is 0.333. The molecule has 1 aromatic heterocycles. The number of aromatic nitrogens is 1. The molecule has 0 saturated carbocycles. The van der Waals surface area contributed by atoms with Gasteiger partial charge < -0.3 is 9.47 Å². The molecule has 0 N–H and O–H groups in total. The second-order valence-corrected chi connectivity index (χ2v) is 8.06. The van der Waals surface area contributed by atoms with Gasteiger partial charge in [-0.3, -0.25) is 0 Å². The number of aryl methyl sites for hydroxylation is 1. The standard InChI is InChI=1S/C18H20FNO5S/c1-12-14(15-11-13(18(21)24-2)5-7-16(15)19)6-8-17(20-12)25-9-4-10-26(3,22)23/h5-8,11H,4,9-10H2,1-3H3. The molecule has 26 heavy (non-hydrogen) atoms. The topological polar surface area (TPSA) is 82.6 Å². The number of hydrogen-bond donors (Lipinski definition) is 0. The Labute approximate surface area is 151 Å². The van der Waals surface area contributed by atoms with Crippen molar-refractivity contribution in [3.05, 3.63) is 47.4 Å². The highest BCUT2D eigenvalue weighted by atomic mass is 32.2. The molecule has 0 radical (unpaired) electrons. The molecule has 0 atom stereocenters. The number of carbonyl (C=O) groups excluding carboxylic acids is 1. The first-order chi connectivity index (χ1) is 12.2. The lowest BCUT2D eigenvalue weighted by atomic mass is 10.0. The van der Waals surface area contributed by atoms with Gasteiger partial charge in [-0.25, -0.2) is 22.6 Å². The van der Waals surface area contributed by atoms with Gasteiger partial charge in [-0.1, -0.05) is 0 Å². The van der Waals surface area contributed by atoms with E-state index in [0.717, 1.165) is 0 Å². The van der Waals surface area contributed by atoms with Gasteiger partial charge in [0.25, 0.3) is 0 Å². The zero-order valence-corrected chi connectivity index (χ0v) is 15.6. The van der Waals surface area contributed by atoms with Crippen LogP contribution in [-0.4, -0.2) is 45.1 Å². The van der Waals surface area contributed by atoms with E-state index in [1.54, 1.807) is 19.1 Å². The van der Waals surface area contributed by atoms with Gasteiger partial charge in [-0.2, -0.15) is 0 Å². The van der Waals surface area contributed by atoms with Crippen molar-refractivity contribution in [2.75, 3.05) is 25.7 Å². The molecule has 140 valence electrons. The van der Waals surface area contributed by atoms with E-state index in [9.17, 15) is 17.6 Å². The monoisotopic (exact) mass is 381 g/mol. The highest BCUT2D eigenvalue weighted by Crippen LogP contribution is 2.28. The Balaban J connectivity index is 2.18. The van der Waals surface area contributed by atoms with E-state index in [2.05, 4.69) is 9.72 Å². The molecule has 0 aliphatic carbocycles. The Hall–Kier alpha value is -2.48. The molecule has 0 amide bonds. The lowest BCUT2D eigenvalue weighted by Gasteiger charge is -2.11. The summed E-state index contributed by atoms with van der Waals surface area (Å²) >= 11 is 0. The van der Waals surface area contributed by atoms with Crippen molar-refractivity contribution in [3.8, 4) is 17.0 Å². The van der Waals surface area contributed by atoms with E-state index in [-0.39, 0.29) is 23.5 Å². The first-order valence-electron chi connectivity index (χ1n) is 7.87. The smallest absolute Gasteiger partial charge is 0.337 e. The molecule has 0 aliphatic heterocycles. The van der Waals surface area contributed by atoms with Crippen LogP contribution in [0.4, 0.5) is 4.39 Å². The maximum Gasteiger partial charge on any atom is 0.337 e. The summed E-state index contributed by atoms with van der Waals surface area (Å²) < 4.78 is 46.5. The third-order valence-electron chi connectivity index (χ3n) is 3.65. The van der Waals surface area contributed by atoms with Crippen molar-refractivity contribution >= 4 is 15.8 Å². The van der Waals surface area contributed by atoms with Crippen molar-refractivity contribution in [3.63, 3.8) is 0 Å². The van der Waals surface area contributed by atoms with Crippen LogP contribution in [-0.2, 0) is 14.6 Å². The highest BCUT2D eigenvalue weighted by molar-refractivity contribution is 7.90. The van der Waals surface area contributed by atoms with Gasteiger partial charge in [0.1, 0.15) is 15.7 Å². The van der Waals surface area contributed by atoms with E-state index in [1.165, 1.54) is 31.6 Å². The van der Waals surface area contributed by atoms with Gasteiger partial charge in [0.2, 0.25) is 5.88 Å². The Bertz CT molecular complexity index is 912. The molecule has 2 rings (SSSR count). The largest absolute Gasteiger partial charge is 0.478 e. The molecular weight excluding hydrogens is 361 g/mol. The van der Waals surface area contributed by atoms with Gasteiger partial charge in [-0.05, 0) is 37.6 Å². The van der Waals surface area contributed by atoms with Crippen LogP contribution in [0.25, 0.3) is 11.1 Å². The summed E-state index contributed by atoms with van der Waals surface area (Å²) in [5, 5.41) is 0. The third kappa shape index (κ3) is 5.26. The summed E-state index contributed by atoms with van der Waals surface area (Å²) in [5.74, 6) is -0.674. The fourth-order valence-electron chi connectivity index (χ4n) is 2.38. The number of pyridine rings is 1. The molecule has 0 fully saturated rings. The van der Waals surface area contributed by atoms with Crippen molar-refractivity contribution in [1.82, 2.24) is 4.98 Å². The minimum absolute atomic E-state index is 0.0373. The van der Waals surface area contributed by atoms with Crippen LogP contribution in [0.2, 0.25) is 0 Å². The summed E-state index contributed by atoms with van der Waals surface area (Å²) in [5.41, 5.74) is 1.52. The van der Waals surface area contributed by atoms with Crippen LogP contribution >= 0.6 is 0 Å². The number of methoxy groups -OCH3 is 1. The van der Waals surface area contributed by atoms with Crippen LogP contribution in [0.5, 0.6) is 5.88 Å². The van der Waals surface area contributed by atoms with Crippen LogP contribution in [0, 0.1) is 12.7 Å². The highest BCUT2D eigenvalue weighted by Gasteiger charge is 2.14. The molecular formula is C18H20FNO5S. The molecule has 0 bridgehead atoms. The summed E-state index contributed by atoms with van der Waals surface area (Å²) in [6, 6.07) is 7.20. The van der Waals surface area contributed by atoms with Gasteiger partial charge in [0.05, 0.1) is 25.0 Å². The Morgan fingerprint density at radius 1 is 1.19 bits per heavy atom. The minimum atomic E-state index is -3.03. The number of rotatable bonds is 7. The number of hydrogen-bond acceptors (Lipinski definition) is 6. The number of benzene rings is 1. The second-order valence-electron chi connectivity index (χ2n) is 5.80. The number of carbonyl (C=O) groups is 1. The molecule has 0 aliphatic rings. The van der Waals surface area contributed by atoms with Crippen LogP contribution in [0.15, 0.2) is 30.3 Å². The third-order valence-corrected chi connectivity index (χ3v) is 4.68. The van der Waals surface area contributed by atoms with Gasteiger partial charge in [0, 0.05) is 29.1 Å². The number of esters is 1. The van der Waals surface area contributed by atoms with E-state index in [1.807, 2.05) is 0 Å². The van der Waals surface area contributed by atoms with Gasteiger partial charge >= 0.3 is 5.97 Å². The van der Waals surface area contributed by atoms with Gasteiger partial charge in [-0.15, -0.1) is 0 Å². The Morgan fingerprint density at radius 3 is 2.54 bits per heavy atom. The zero-order chi connectivity index (χ0) is 19.3. The molecule has 2 aromatic rings. The van der Waals surface area contributed by atoms with Crippen LogP contribution in [0.3, 0.4) is 0 Å². The molecule has 0 spiro atoms. The number of halogens is 1. The van der Waals surface area contributed by atoms with Crippen molar-refractivity contribution in [2.45, 2.75) is 13.3 Å². The first kappa shape index (κ1) is 19.8. The predicted octanol–water partition coefficient (Wildman–Crippen LogP) is 2.80. The van der Waals surface area contributed by atoms with E-state index < -0.39 is 21.6 Å². The SMILES string of the molecule is COC(=O)c1ccc(F)c(-c2ccc(OCCCS(C)(=O)=O)nc2C)c1. The normalized spacial score (nSPS) is 11.2. The van der Waals surface area contributed by atoms with Crippen LogP contribution < -0.4 is 4.74 Å². The Morgan fingerprint density at radius 2 is 1.92 bits per heavy atom. The summed E-state index contributed by atoms with van der Waals surface area (Å²) in [4.78, 5) is 15.9. The predicted molar refractivity (Wildman–Crippen MR) is 95.5 cm³/mol. The minimum Gasteiger partial charge on any atom is -0.478 e.